The Morgan fingerprint density at radius 3 is 2.93 bits per heavy atom. The molecule has 15 heavy (non-hydrogen) atoms. The van der Waals surface area contributed by atoms with Gasteiger partial charge in [-0.15, -0.1) is 11.3 Å². The molecular formula is C11H14ClNOS. The highest BCUT2D eigenvalue weighted by Gasteiger charge is 2.18. The topological polar surface area (TPSA) is 21.3 Å². The van der Waals surface area contributed by atoms with Crippen molar-refractivity contribution in [2.45, 2.75) is 18.9 Å². The van der Waals surface area contributed by atoms with Gasteiger partial charge in [-0.3, -0.25) is 0 Å². The van der Waals surface area contributed by atoms with Crippen LogP contribution in [0.4, 0.5) is 0 Å². The van der Waals surface area contributed by atoms with Crippen LogP contribution in [0.3, 0.4) is 0 Å². The van der Waals surface area contributed by atoms with Crippen molar-refractivity contribution < 1.29 is 4.74 Å². The molecule has 1 N–H and O–H groups in total. The van der Waals surface area contributed by atoms with Gasteiger partial charge >= 0.3 is 0 Å². The molecule has 4 heteroatoms. The van der Waals surface area contributed by atoms with E-state index in [0.29, 0.717) is 0 Å². The van der Waals surface area contributed by atoms with Gasteiger partial charge in [0, 0.05) is 4.88 Å². The molecule has 0 aliphatic carbocycles. The molecular weight excluding hydrogens is 230 g/mol. The molecule has 1 aliphatic heterocycles. The van der Waals surface area contributed by atoms with Crippen LogP contribution < -0.4 is 5.32 Å². The SMILES string of the molecule is CNC(C1=COCCC1)c1ccc(Cl)s1. The van der Waals surface area contributed by atoms with Gasteiger partial charge in [0.2, 0.25) is 0 Å². The number of thiophene rings is 1. The normalized spacial score (nSPS) is 18.1. The molecule has 1 aromatic heterocycles. The Bertz CT molecular complexity index is 361. The van der Waals surface area contributed by atoms with E-state index in [-0.39, 0.29) is 6.04 Å². The summed E-state index contributed by atoms with van der Waals surface area (Å²) < 4.78 is 6.20. The highest BCUT2D eigenvalue weighted by molar-refractivity contribution is 7.16. The van der Waals surface area contributed by atoms with Crippen LogP contribution in [-0.4, -0.2) is 13.7 Å². The first-order chi connectivity index (χ1) is 7.31. The highest BCUT2D eigenvalue weighted by atomic mass is 35.5. The first kappa shape index (κ1) is 11.0. The Hall–Kier alpha value is -0.510. The van der Waals surface area contributed by atoms with Crippen LogP contribution in [-0.2, 0) is 4.74 Å². The third-order valence-corrected chi connectivity index (χ3v) is 3.80. The molecule has 0 spiro atoms. The summed E-state index contributed by atoms with van der Waals surface area (Å²) in [5.41, 5.74) is 1.31. The first-order valence-corrected chi connectivity index (χ1v) is 6.24. The van der Waals surface area contributed by atoms with Gasteiger partial charge in [-0.1, -0.05) is 11.6 Å². The van der Waals surface area contributed by atoms with Crippen molar-refractivity contribution in [3.8, 4) is 0 Å². The summed E-state index contributed by atoms with van der Waals surface area (Å²) in [6.45, 7) is 0.838. The molecule has 2 heterocycles. The Morgan fingerprint density at radius 2 is 2.40 bits per heavy atom. The maximum absolute atomic E-state index is 5.94. The maximum Gasteiger partial charge on any atom is 0.0931 e. The van der Waals surface area contributed by atoms with E-state index in [9.17, 15) is 0 Å². The summed E-state index contributed by atoms with van der Waals surface area (Å²) in [7, 11) is 1.97. The molecule has 0 fully saturated rings. The number of halogens is 1. The van der Waals surface area contributed by atoms with Crippen molar-refractivity contribution in [3.63, 3.8) is 0 Å². The molecule has 0 amide bonds. The van der Waals surface area contributed by atoms with Gasteiger partial charge in [0.1, 0.15) is 0 Å². The molecule has 1 atom stereocenters. The van der Waals surface area contributed by atoms with Gasteiger partial charge < -0.3 is 10.1 Å². The number of ether oxygens (including phenoxy) is 1. The summed E-state index contributed by atoms with van der Waals surface area (Å²) >= 11 is 7.56. The Labute approximate surface area is 98.9 Å². The molecule has 82 valence electrons. The minimum Gasteiger partial charge on any atom is -0.501 e. The fraction of sp³-hybridized carbons (Fsp3) is 0.455. The zero-order chi connectivity index (χ0) is 10.7. The first-order valence-electron chi connectivity index (χ1n) is 5.04. The van der Waals surface area contributed by atoms with Crippen molar-refractivity contribution in [2.24, 2.45) is 0 Å². The Kier molecular flexibility index (Phi) is 3.67. The molecule has 1 aliphatic rings. The second kappa shape index (κ2) is 5.01. The van der Waals surface area contributed by atoms with Gasteiger partial charge in [0.15, 0.2) is 0 Å². The smallest absolute Gasteiger partial charge is 0.0931 e. The molecule has 0 radical (unpaired) electrons. The van der Waals surface area contributed by atoms with Crippen LogP contribution in [0.1, 0.15) is 23.8 Å². The van der Waals surface area contributed by atoms with Crippen LogP contribution in [0.2, 0.25) is 4.34 Å². The van der Waals surface area contributed by atoms with E-state index in [0.717, 1.165) is 23.8 Å². The van der Waals surface area contributed by atoms with Crippen molar-refractivity contribution >= 4 is 22.9 Å². The summed E-state index contributed by atoms with van der Waals surface area (Å²) in [4.78, 5) is 1.25. The summed E-state index contributed by atoms with van der Waals surface area (Å²) in [5.74, 6) is 0. The largest absolute Gasteiger partial charge is 0.501 e. The van der Waals surface area contributed by atoms with Crippen LogP contribution in [0, 0.1) is 0 Å². The molecule has 1 unspecified atom stereocenters. The van der Waals surface area contributed by atoms with Gasteiger partial charge in [-0.25, -0.2) is 0 Å². The van der Waals surface area contributed by atoms with Crippen molar-refractivity contribution in [1.29, 1.82) is 0 Å². The number of likely N-dealkylation sites (N-methyl/N-ethyl adjacent to an activating group) is 1. The minimum absolute atomic E-state index is 0.253. The molecule has 2 nitrogen and oxygen atoms in total. The number of rotatable bonds is 3. The lowest BCUT2D eigenvalue weighted by atomic mass is 10.0. The van der Waals surface area contributed by atoms with Crippen molar-refractivity contribution in [3.05, 3.63) is 33.2 Å². The standard InChI is InChI=1S/C11H14ClNOS/c1-13-11(8-3-2-6-14-7-8)9-4-5-10(12)15-9/h4-5,7,11,13H,2-3,6H2,1H3. The zero-order valence-electron chi connectivity index (χ0n) is 8.63. The summed E-state index contributed by atoms with van der Waals surface area (Å²) in [6.07, 6.45) is 4.09. The zero-order valence-corrected chi connectivity index (χ0v) is 10.2. The van der Waals surface area contributed by atoms with E-state index in [1.807, 2.05) is 19.4 Å². The van der Waals surface area contributed by atoms with E-state index in [1.54, 1.807) is 11.3 Å². The Morgan fingerprint density at radius 1 is 1.53 bits per heavy atom. The average molecular weight is 244 g/mol. The molecule has 1 aromatic rings. The molecule has 0 aromatic carbocycles. The predicted molar refractivity (Wildman–Crippen MR) is 64.4 cm³/mol. The van der Waals surface area contributed by atoms with Crippen LogP contribution >= 0.6 is 22.9 Å². The number of hydrogen-bond donors (Lipinski definition) is 1. The fourth-order valence-corrected chi connectivity index (χ4v) is 3.01. The van der Waals surface area contributed by atoms with E-state index in [1.165, 1.54) is 10.5 Å². The van der Waals surface area contributed by atoms with E-state index < -0.39 is 0 Å². The van der Waals surface area contributed by atoms with E-state index in [4.69, 9.17) is 16.3 Å². The maximum atomic E-state index is 5.94. The Balaban J connectivity index is 2.19. The molecule has 0 bridgehead atoms. The quantitative estimate of drug-likeness (QED) is 0.879. The second-order valence-corrected chi connectivity index (χ2v) is 5.28. The van der Waals surface area contributed by atoms with Gasteiger partial charge in [0.05, 0.1) is 23.2 Å². The average Bonchev–Trinajstić information content (AvgIpc) is 2.68. The lowest BCUT2D eigenvalue weighted by Crippen LogP contribution is -2.19. The molecule has 0 saturated heterocycles. The fourth-order valence-electron chi connectivity index (χ4n) is 1.79. The lowest BCUT2D eigenvalue weighted by Gasteiger charge is -2.21. The minimum atomic E-state index is 0.253. The van der Waals surface area contributed by atoms with Gasteiger partial charge in [-0.05, 0) is 37.6 Å². The van der Waals surface area contributed by atoms with E-state index in [2.05, 4.69) is 11.4 Å². The van der Waals surface area contributed by atoms with Crippen molar-refractivity contribution in [2.75, 3.05) is 13.7 Å². The number of hydrogen-bond acceptors (Lipinski definition) is 3. The number of nitrogens with one attached hydrogen (secondary N) is 1. The summed E-state index contributed by atoms with van der Waals surface area (Å²) in [6, 6.07) is 4.27. The lowest BCUT2D eigenvalue weighted by molar-refractivity contribution is 0.220. The van der Waals surface area contributed by atoms with Crippen LogP contribution in [0.15, 0.2) is 24.0 Å². The van der Waals surface area contributed by atoms with Crippen molar-refractivity contribution in [1.82, 2.24) is 5.32 Å². The molecule has 0 saturated carbocycles. The highest BCUT2D eigenvalue weighted by Crippen LogP contribution is 2.33. The van der Waals surface area contributed by atoms with Gasteiger partial charge in [-0.2, -0.15) is 0 Å². The molecule has 2 rings (SSSR count). The third-order valence-electron chi connectivity index (χ3n) is 2.50. The van der Waals surface area contributed by atoms with Gasteiger partial charge in [0.25, 0.3) is 0 Å². The predicted octanol–water partition coefficient (Wildman–Crippen LogP) is 3.36. The third kappa shape index (κ3) is 2.54. The second-order valence-electron chi connectivity index (χ2n) is 3.53. The monoisotopic (exact) mass is 243 g/mol. The van der Waals surface area contributed by atoms with Crippen LogP contribution in [0.25, 0.3) is 0 Å². The van der Waals surface area contributed by atoms with Crippen LogP contribution in [0.5, 0.6) is 0 Å². The summed E-state index contributed by atoms with van der Waals surface area (Å²) in [5, 5.41) is 3.30. The van der Waals surface area contributed by atoms with E-state index >= 15 is 0 Å².